The molecule has 2 aromatic rings. The Bertz CT molecular complexity index is 507. The van der Waals surface area contributed by atoms with Gasteiger partial charge in [0, 0.05) is 18.7 Å². The number of nitrogens with zero attached hydrogens (tertiary/aromatic N) is 2. The van der Waals surface area contributed by atoms with Crippen molar-refractivity contribution in [2.45, 2.75) is 26.2 Å². The Labute approximate surface area is 106 Å². The molecule has 1 heterocycles. The summed E-state index contributed by atoms with van der Waals surface area (Å²) in [5.74, 6) is 0.988. The van der Waals surface area contributed by atoms with E-state index in [0.717, 1.165) is 5.69 Å². The number of aromatic nitrogens is 2. The first-order valence-corrected chi connectivity index (χ1v) is 6.09. The minimum atomic E-state index is 0.409. The van der Waals surface area contributed by atoms with E-state index in [-0.39, 0.29) is 0 Å². The molecule has 5 nitrogen and oxygen atoms in total. The minimum Gasteiger partial charge on any atom is -0.408 e. The Hall–Kier alpha value is -1.88. The minimum absolute atomic E-state index is 0.409. The molecule has 0 bridgehead atoms. The molecule has 0 aliphatic carbocycles. The molecule has 0 fully saturated rings. The molecule has 0 saturated carbocycles. The maximum absolute atomic E-state index is 5.45. The van der Waals surface area contributed by atoms with Gasteiger partial charge in [0.1, 0.15) is 0 Å². The van der Waals surface area contributed by atoms with Crippen LogP contribution in [0.1, 0.15) is 31.2 Å². The fourth-order valence-corrected chi connectivity index (χ4v) is 1.76. The topological polar surface area (TPSA) is 77.0 Å². The Kier molecular flexibility index (Phi) is 3.94. The third-order valence-corrected chi connectivity index (χ3v) is 2.65. The van der Waals surface area contributed by atoms with Crippen LogP contribution >= 0.6 is 0 Å². The number of benzene rings is 1. The van der Waals surface area contributed by atoms with Gasteiger partial charge in [0.25, 0.3) is 0 Å². The molecule has 5 heteroatoms. The molecule has 0 unspecified atom stereocenters. The van der Waals surface area contributed by atoms with Gasteiger partial charge >= 0.3 is 6.01 Å². The van der Waals surface area contributed by atoms with Gasteiger partial charge in [-0.15, -0.1) is 5.10 Å². The number of para-hydroxylation sites is 1. The largest absolute Gasteiger partial charge is 0.408 e. The van der Waals surface area contributed by atoms with Crippen LogP contribution < -0.4 is 11.1 Å². The van der Waals surface area contributed by atoms with E-state index in [1.54, 1.807) is 0 Å². The average molecular weight is 246 g/mol. The van der Waals surface area contributed by atoms with Crippen LogP contribution in [0.4, 0.5) is 11.7 Å². The van der Waals surface area contributed by atoms with Crippen molar-refractivity contribution in [1.82, 2.24) is 10.2 Å². The lowest BCUT2D eigenvalue weighted by molar-refractivity contribution is 0.509. The molecule has 0 spiro atoms. The lowest BCUT2D eigenvalue weighted by Gasteiger charge is -2.11. The van der Waals surface area contributed by atoms with Gasteiger partial charge in [0.2, 0.25) is 5.89 Å². The summed E-state index contributed by atoms with van der Waals surface area (Å²) in [6.07, 6.45) is 0.598. The zero-order valence-corrected chi connectivity index (χ0v) is 10.7. The van der Waals surface area contributed by atoms with Crippen molar-refractivity contribution in [2.75, 3.05) is 11.9 Å². The highest BCUT2D eigenvalue weighted by Crippen LogP contribution is 2.26. The van der Waals surface area contributed by atoms with Gasteiger partial charge in [-0.2, -0.15) is 0 Å². The normalized spacial score (nSPS) is 10.9. The molecule has 0 aliphatic rings. The van der Waals surface area contributed by atoms with Crippen molar-refractivity contribution in [2.24, 2.45) is 5.73 Å². The third-order valence-electron chi connectivity index (χ3n) is 2.65. The number of rotatable bonds is 5. The molecule has 1 aromatic carbocycles. The molecule has 18 heavy (non-hydrogen) atoms. The van der Waals surface area contributed by atoms with Crippen molar-refractivity contribution in [1.29, 1.82) is 0 Å². The van der Waals surface area contributed by atoms with E-state index in [4.69, 9.17) is 10.2 Å². The van der Waals surface area contributed by atoms with Crippen LogP contribution in [0.3, 0.4) is 0 Å². The highest BCUT2D eigenvalue weighted by Gasteiger charge is 2.09. The van der Waals surface area contributed by atoms with Gasteiger partial charge < -0.3 is 15.5 Å². The summed E-state index contributed by atoms with van der Waals surface area (Å²) in [4.78, 5) is 0. The molecule has 1 aromatic heterocycles. The number of hydrogen-bond donors (Lipinski definition) is 2. The fraction of sp³-hybridized carbons (Fsp3) is 0.385. The van der Waals surface area contributed by atoms with Crippen LogP contribution in [0, 0.1) is 0 Å². The molecular formula is C13H18N4O. The Morgan fingerprint density at radius 1 is 1.28 bits per heavy atom. The number of anilines is 2. The van der Waals surface area contributed by atoms with Crippen LogP contribution in [-0.2, 0) is 6.42 Å². The first kappa shape index (κ1) is 12.6. The predicted molar refractivity (Wildman–Crippen MR) is 70.9 cm³/mol. The Balaban J connectivity index is 2.17. The van der Waals surface area contributed by atoms with E-state index < -0.39 is 0 Å². The summed E-state index contributed by atoms with van der Waals surface area (Å²) in [6, 6.07) is 8.50. The van der Waals surface area contributed by atoms with Crippen LogP contribution in [0.25, 0.3) is 0 Å². The van der Waals surface area contributed by atoms with Gasteiger partial charge in [-0.05, 0) is 17.5 Å². The first-order chi connectivity index (χ1) is 8.70. The molecule has 0 atom stereocenters. The van der Waals surface area contributed by atoms with Crippen LogP contribution in [0.5, 0.6) is 0 Å². The zero-order valence-electron chi connectivity index (χ0n) is 10.7. The molecular weight excluding hydrogens is 228 g/mol. The second kappa shape index (κ2) is 5.64. The summed E-state index contributed by atoms with van der Waals surface area (Å²) in [5.41, 5.74) is 7.65. The quantitative estimate of drug-likeness (QED) is 0.847. The average Bonchev–Trinajstić information content (AvgIpc) is 2.77. The summed E-state index contributed by atoms with van der Waals surface area (Å²) >= 11 is 0. The molecule has 96 valence electrons. The van der Waals surface area contributed by atoms with Gasteiger partial charge in [0.05, 0.1) is 0 Å². The van der Waals surface area contributed by atoms with Crippen molar-refractivity contribution >= 4 is 11.7 Å². The van der Waals surface area contributed by atoms with E-state index >= 15 is 0 Å². The van der Waals surface area contributed by atoms with Crippen LogP contribution in [0.15, 0.2) is 28.7 Å². The molecule has 0 amide bonds. The van der Waals surface area contributed by atoms with Crippen molar-refractivity contribution in [3.8, 4) is 0 Å². The number of nitrogens with one attached hydrogen (secondary N) is 1. The summed E-state index contributed by atoms with van der Waals surface area (Å²) < 4.78 is 5.45. The summed E-state index contributed by atoms with van der Waals surface area (Å²) in [6.45, 7) is 4.80. The molecule has 0 aliphatic heterocycles. The highest BCUT2D eigenvalue weighted by molar-refractivity contribution is 5.58. The van der Waals surface area contributed by atoms with Gasteiger partial charge in [-0.25, -0.2) is 0 Å². The van der Waals surface area contributed by atoms with Gasteiger partial charge in [0.15, 0.2) is 0 Å². The lowest BCUT2D eigenvalue weighted by Crippen LogP contribution is -2.02. The van der Waals surface area contributed by atoms with Crippen LogP contribution in [-0.4, -0.2) is 16.7 Å². The number of hydrogen-bond acceptors (Lipinski definition) is 5. The number of nitrogens with two attached hydrogens (primary N) is 1. The Morgan fingerprint density at radius 2 is 2.06 bits per heavy atom. The SMILES string of the molecule is CC(C)c1ccccc1Nc1nnc(CCN)o1. The van der Waals surface area contributed by atoms with E-state index in [0.29, 0.717) is 30.8 Å². The van der Waals surface area contributed by atoms with E-state index in [9.17, 15) is 0 Å². The van der Waals surface area contributed by atoms with E-state index in [1.165, 1.54) is 5.56 Å². The van der Waals surface area contributed by atoms with E-state index in [1.807, 2.05) is 18.2 Å². The van der Waals surface area contributed by atoms with Gasteiger partial charge in [-0.3, -0.25) is 0 Å². The van der Waals surface area contributed by atoms with E-state index in [2.05, 4.69) is 35.4 Å². The van der Waals surface area contributed by atoms with Crippen molar-refractivity contribution < 1.29 is 4.42 Å². The summed E-state index contributed by atoms with van der Waals surface area (Å²) in [7, 11) is 0. The summed E-state index contributed by atoms with van der Waals surface area (Å²) in [5, 5.41) is 11.0. The highest BCUT2D eigenvalue weighted by atomic mass is 16.4. The zero-order chi connectivity index (χ0) is 13.0. The smallest absolute Gasteiger partial charge is 0.320 e. The second-order valence-electron chi connectivity index (χ2n) is 4.41. The maximum Gasteiger partial charge on any atom is 0.320 e. The van der Waals surface area contributed by atoms with Gasteiger partial charge in [-0.1, -0.05) is 37.1 Å². The maximum atomic E-state index is 5.45. The molecule has 0 saturated heterocycles. The fourth-order valence-electron chi connectivity index (χ4n) is 1.76. The monoisotopic (exact) mass is 246 g/mol. The van der Waals surface area contributed by atoms with Crippen molar-refractivity contribution in [3.05, 3.63) is 35.7 Å². The van der Waals surface area contributed by atoms with Crippen molar-refractivity contribution in [3.63, 3.8) is 0 Å². The predicted octanol–water partition coefficient (Wildman–Crippen LogP) is 2.44. The third kappa shape index (κ3) is 2.87. The lowest BCUT2D eigenvalue weighted by atomic mass is 10.0. The molecule has 3 N–H and O–H groups in total. The molecule has 2 rings (SSSR count). The van der Waals surface area contributed by atoms with Crippen LogP contribution in [0.2, 0.25) is 0 Å². The Morgan fingerprint density at radius 3 is 2.78 bits per heavy atom. The standard InChI is InChI=1S/C13H18N4O/c1-9(2)10-5-3-4-6-11(10)15-13-17-16-12(18-13)7-8-14/h3-6,9H,7-8,14H2,1-2H3,(H,15,17). The first-order valence-electron chi connectivity index (χ1n) is 6.09. The molecule has 0 radical (unpaired) electrons. The second-order valence-corrected chi connectivity index (χ2v) is 4.41.